The van der Waals surface area contributed by atoms with Crippen molar-refractivity contribution >= 4 is 21.7 Å². The number of aromatic nitrogens is 1. The topological polar surface area (TPSA) is 43.4 Å². The molecule has 0 amide bonds. The summed E-state index contributed by atoms with van der Waals surface area (Å²) in [5.74, 6) is 0.841. The fourth-order valence-corrected chi connectivity index (χ4v) is 1.40. The molecule has 15 heavy (non-hydrogen) atoms. The highest BCUT2D eigenvalue weighted by Gasteiger charge is 1.97. The van der Waals surface area contributed by atoms with Crippen LogP contribution in [0.25, 0.3) is 0 Å². The van der Waals surface area contributed by atoms with Gasteiger partial charge in [-0.1, -0.05) is 0 Å². The number of ether oxygens (including phenoxy) is 2. The maximum absolute atomic E-state index is 5.31. The zero-order valence-electron chi connectivity index (χ0n) is 8.70. The van der Waals surface area contributed by atoms with Gasteiger partial charge in [0.05, 0.1) is 24.3 Å². The normalized spacial score (nSPS) is 10.3. The van der Waals surface area contributed by atoms with Gasteiger partial charge in [-0.05, 0) is 28.1 Å². The Hall–Kier alpha value is -0.650. The van der Waals surface area contributed by atoms with Crippen molar-refractivity contribution < 1.29 is 9.47 Å². The molecule has 1 rings (SSSR count). The fraction of sp³-hybridized carbons (Fsp3) is 0.500. The Bertz CT molecular complexity index is 284. The molecule has 1 aromatic heterocycles. The minimum atomic E-state index is 0.627. The molecule has 0 bridgehead atoms. The van der Waals surface area contributed by atoms with Crippen molar-refractivity contribution in [3.05, 3.63) is 22.8 Å². The van der Waals surface area contributed by atoms with E-state index in [-0.39, 0.29) is 0 Å². The predicted molar refractivity (Wildman–Crippen MR) is 63.1 cm³/mol. The number of rotatable bonds is 7. The monoisotopic (exact) mass is 274 g/mol. The standard InChI is InChI=1S/C10H15BrN2O2/c1-14-7-8-15-6-5-13-10-9(11)3-2-4-12-10/h2-4H,5-8H2,1H3,(H,12,13). The Morgan fingerprint density at radius 3 is 3.00 bits per heavy atom. The third kappa shape index (κ3) is 5.11. The summed E-state index contributed by atoms with van der Waals surface area (Å²) in [4.78, 5) is 4.17. The van der Waals surface area contributed by atoms with Crippen molar-refractivity contribution in [2.75, 3.05) is 38.8 Å². The van der Waals surface area contributed by atoms with Gasteiger partial charge in [-0.3, -0.25) is 0 Å². The Balaban J connectivity index is 2.12. The van der Waals surface area contributed by atoms with Gasteiger partial charge >= 0.3 is 0 Å². The van der Waals surface area contributed by atoms with Gasteiger partial charge in [0, 0.05) is 19.9 Å². The van der Waals surface area contributed by atoms with Crippen LogP contribution in [0.1, 0.15) is 0 Å². The van der Waals surface area contributed by atoms with Gasteiger partial charge in [-0.25, -0.2) is 4.98 Å². The Morgan fingerprint density at radius 2 is 2.27 bits per heavy atom. The number of anilines is 1. The first-order chi connectivity index (χ1) is 7.34. The van der Waals surface area contributed by atoms with Crippen molar-refractivity contribution in [1.29, 1.82) is 0 Å². The average Bonchev–Trinajstić information content (AvgIpc) is 2.25. The van der Waals surface area contributed by atoms with Gasteiger partial charge in [0.15, 0.2) is 0 Å². The van der Waals surface area contributed by atoms with E-state index < -0.39 is 0 Å². The summed E-state index contributed by atoms with van der Waals surface area (Å²) < 4.78 is 11.1. The van der Waals surface area contributed by atoms with Gasteiger partial charge in [-0.2, -0.15) is 0 Å². The van der Waals surface area contributed by atoms with Crippen LogP contribution in [-0.4, -0.2) is 38.5 Å². The largest absolute Gasteiger partial charge is 0.382 e. The summed E-state index contributed by atoms with van der Waals surface area (Å²) in [5, 5.41) is 3.17. The molecule has 0 atom stereocenters. The number of hydrogen-bond acceptors (Lipinski definition) is 4. The lowest BCUT2D eigenvalue weighted by molar-refractivity contribution is 0.0759. The maximum atomic E-state index is 5.31. The number of methoxy groups -OCH3 is 1. The molecule has 0 saturated carbocycles. The molecular weight excluding hydrogens is 260 g/mol. The maximum Gasteiger partial charge on any atom is 0.140 e. The van der Waals surface area contributed by atoms with Crippen molar-refractivity contribution in [1.82, 2.24) is 4.98 Å². The van der Waals surface area contributed by atoms with Crippen LogP contribution in [-0.2, 0) is 9.47 Å². The SMILES string of the molecule is COCCOCCNc1ncccc1Br. The van der Waals surface area contributed by atoms with Crippen molar-refractivity contribution in [2.45, 2.75) is 0 Å². The van der Waals surface area contributed by atoms with Gasteiger partial charge in [0.1, 0.15) is 5.82 Å². The first kappa shape index (κ1) is 12.4. The Kier molecular flexibility index (Phi) is 6.31. The van der Waals surface area contributed by atoms with E-state index in [4.69, 9.17) is 9.47 Å². The average molecular weight is 275 g/mol. The number of nitrogens with one attached hydrogen (secondary N) is 1. The fourth-order valence-electron chi connectivity index (χ4n) is 1.00. The summed E-state index contributed by atoms with van der Waals surface area (Å²) in [7, 11) is 1.66. The lowest BCUT2D eigenvalue weighted by Crippen LogP contribution is -2.12. The van der Waals surface area contributed by atoms with E-state index in [2.05, 4.69) is 26.2 Å². The zero-order valence-corrected chi connectivity index (χ0v) is 10.3. The molecule has 1 heterocycles. The number of pyridine rings is 1. The van der Waals surface area contributed by atoms with Gasteiger partial charge in [-0.15, -0.1) is 0 Å². The molecule has 0 saturated heterocycles. The Labute approximate surface area is 98.1 Å². The summed E-state index contributed by atoms with van der Waals surface area (Å²) in [6.45, 7) is 2.64. The van der Waals surface area contributed by atoms with Crippen LogP contribution in [0.3, 0.4) is 0 Å². The minimum absolute atomic E-state index is 0.627. The van der Waals surface area contributed by atoms with E-state index in [1.165, 1.54) is 0 Å². The molecule has 84 valence electrons. The van der Waals surface area contributed by atoms with E-state index in [1.54, 1.807) is 13.3 Å². The first-order valence-corrected chi connectivity index (χ1v) is 5.55. The van der Waals surface area contributed by atoms with Crippen molar-refractivity contribution in [2.24, 2.45) is 0 Å². The summed E-state index contributed by atoms with van der Waals surface area (Å²) in [6.07, 6.45) is 1.75. The quantitative estimate of drug-likeness (QED) is 0.772. The molecule has 0 aliphatic carbocycles. The molecule has 0 fully saturated rings. The molecule has 0 unspecified atom stereocenters. The van der Waals surface area contributed by atoms with Crippen LogP contribution < -0.4 is 5.32 Å². The summed E-state index contributed by atoms with van der Waals surface area (Å²) in [6, 6.07) is 3.82. The van der Waals surface area contributed by atoms with Crippen LogP contribution >= 0.6 is 15.9 Å². The lowest BCUT2D eigenvalue weighted by atomic mass is 10.4. The second-order valence-electron chi connectivity index (χ2n) is 2.87. The molecule has 0 aliphatic heterocycles. The van der Waals surface area contributed by atoms with Crippen LogP contribution in [0.2, 0.25) is 0 Å². The minimum Gasteiger partial charge on any atom is -0.382 e. The van der Waals surface area contributed by atoms with Gasteiger partial charge in [0.2, 0.25) is 0 Å². The molecule has 0 radical (unpaired) electrons. The highest BCUT2D eigenvalue weighted by molar-refractivity contribution is 9.10. The zero-order chi connectivity index (χ0) is 10.9. The predicted octanol–water partition coefficient (Wildman–Crippen LogP) is 1.92. The van der Waals surface area contributed by atoms with Crippen LogP contribution in [0.15, 0.2) is 22.8 Å². The van der Waals surface area contributed by atoms with Crippen LogP contribution in [0.4, 0.5) is 5.82 Å². The smallest absolute Gasteiger partial charge is 0.140 e. The molecular formula is C10H15BrN2O2. The number of halogens is 1. The third-order valence-corrected chi connectivity index (χ3v) is 2.37. The van der Waals surface area contributed by atoms with Crippen LogP contribution in [0.5, 0.6) is 0 Å². The molecule has 0 spiro atoms. The first-order valence-electron chi connectivity index (χ1n) is 4.75. The number of hydrogen-bond donors (Lipinski definition) is 1. The molecule has 1 aromatic rings. The van der Waals surface area contributed by atoms with E-state index in [0.29, 0.717) is 19.8 Å². The molecule has 0 aromatic carbocycles. The second kappa shape index (κ2) is 7.62. The second-order valence-corrected chi connectivity index (χ2v) is 3.72. The van der Waals surface area contributed by atoms with Crippen LogP contribution in [0, 0.1) is 0 Å². The summed E-state index contributed by atoms with van der Waals surface area (Å²) >= 11 is 3.40. The third-order valence-electron chi connectivity index (χ3n) is 1.73. The van der Waals surface area contributed by atoms with Crippen molar-refractivity contribution in [3.8, 4) is 0 Å². The highest BCUT2D eigenvalue weighted by Crippen LogP contribution is 2.17. The van der Waals surface area contributed by atoms with E-state index in [0.717, 1.165) is 16.8 Å². The summed E-state index contributed by atoms with van der Waals surface area (Å²) in [5.41, 5.74) is 0. The molecule has 1 N–H and O–H groups in total. The Morgan fingerprint density at radius 1 is 1.40 bits per heavy atom. The van der Waals surface area contributed by atoms with E-state index in [1.807, 2.05) is 12.1 Å². The van der Waals surface area contributed by atoms with E-state index >= 15 is 0 Å². The highest BCUT2D eigenvalue weighted by atomic mass is 79.9. The van der Waals surface area contributed by atoms with Gasteiger partial charge in [0.25, 0.3) is 0 Å². The van der Waals surface area contributed by atoms with Crippen molar-refractivity contribution in [3.63, 3.8) is 0 Å². The lowest BCUT2D eigenvalue weighted by Gasteiger charge is -2.07. The molecule has 0 aliphatic rings. The molecule has 4 nitrogen and oxygen atoms in total. The molecule has 5 heteroatoms. The number of nitrogens with zero attached hydrogens (tertiary/aromatic N) is 1. The van der Waals surface area contributed by atoms with E-state index in [9.17, 15) is 0 Å². The van der Waals surface area contributed by atoms with Gasteiger partial charge < -0.3 is 14.8 Å².